The number of aliphatic hydroxyl groups is 1. The molecule has 0 saturated heterocycles. The second-order valence-corrected chi connectivity index (χ2v) is 4.77. The van der Waals surface area contributed by atoms with Gasteiger partial charge in [-0.3, -0.25) is 0 Å². The van der Waals surface area contributed by atoms with Crippen LogP contribution in [-0.4, -0.2) is 36.5 Å². The summed E-state index contributed by atoms with van der Waals surface area (Å²) in [6, 6.07) is 0. The molecule has 0 radical (unpaired) electrons. The van der Waals surface area contributed by atoms with Crippen LogP contribution < -0.4 is 5.32 Å². The normalized spacial score (nSPS) is 19.1. The molecule has 0 aromatic rings. The average molecular weight is 201 g/mol. The number of ether oxygens (including phenoxy) is 1. The van der Waals surface area contributed by atoms with Crippen molar-refractivity contribution in [3.63, 3.8) is 0 Å². The van der Waals surface area contributed by atoms with E-state index in [1.165, 1.54) is 25.7 Å². The lowest BCUT2D eigenvalue weighted by atomic mass is 10.1. The summed E-state index contributed by atoms with van der Waals surface area (Å²) in [5, 5.41) is 12.6. The van der Waals surface area contributed by atoms with Gasteiger partial charge in [0.05, 0.1) is 18.3 Å². The Hall–Kier alpha value is -0.120. The summed E-state index contributed by atoms with van der Waals surface area (Å²) in [5.74, 6) is 0. The van der Waals surface area contributed by atoms with E-state index < -0.39 is 5.60 Å². The summed E-state index contributed by atoms with van der Waals surface area (Å²) in [5.41, 5.74) is -0.618. The fraction of sp³-hybridized carbons (Fsp3) is 1.00. The standard InChI is InChI=1S/C11H23NO2/c1-11(2,13)9-12-7-8-14-10-5-3-4-6-10/h10,12-13H,3-9H2,1-2H3. The zero-order chi connectivity index (χ0) is 10.4. The summed E-state index contributed by atoms with van der Waals surface area (Å²) in [6.45, 7) is 5.83. The van der Waals surface area contributed by atoms with Gasteiger partial charge in [-0.05, 0) is 26.7 Å². The minimum atomic E-state index is -0.618. The van der Waals surface area contributed by atoms with E-state index in [9.17, 15) is 5.11 Å². The highest BCUT2D eigenvalue weighted by molar-refractivity contribution is 4.69. The molecular formula is C11H23NO2. The largest absolute Gasteiger partial charge is 0.389 e. The zero-order valence-electron chi connectivity index (χ0n) is 9.38. The second-order valence-electron chi connectivity index (χ2n) is 4.77. The molecule has 0 atom stereocenters. The molecule has 2 N–H and O–H groups in total. The van der Waals surface area contributed by atoms with Crippen LogP contribution in [0.4, 0.5) is 0 Å². The van der Waals surface area contributed by atoms with Crippen LogP contribution in [0.15, 0.2) is 0 Å². The maximum Gasteiger partial charge on any atom is 0.0715 e. The molecule has 0 spiro atoms. The molecule has 0 bridgehead atoms. The lowest BCUT2D eigenvalue weighted by Crippen LogP contribution is -2.36. The topological polar surface area (TPSA) is 41.5 Å². The third-order valence-electron chi connectivity index (χ3n) is 2.49. The first-order valence-electron chi connectivity index (χ1n) is 5.63. The molecule has 1 rings (SSSR count). The smallest absolute Gasteiger partial charge is 0.0715 e. The van der Waals surface area contributed by atoms with Crippen molar-refractivity contribution in [2.45, 2.75) is 51.2 Å². The molecule has 3 heteroatoms. The molecule has 1 aliphatic carbocycles. The molecule has 3 nitrogen and oxygen atoms in total. The first kappa shape index (κ1) is 12.0. The van der Waals surface area contributed by atoms with Crippen molar-refractivity contribution in [2.24, 2.45) is 0 Å². The van der Waals surface area contributed by atoms with E-state index in [0.717, 1.165) is 13.2 Å². The molecule has 0 aliphatic heterocycles. The highest BCUT2D eigenvalue weighted by atomic mass is 16.5. The highest BCUT2D eigenvalue weighted by Crippen LogP contribution is 2.20. The van der Waals surface area contributed by atoms with Gasteiger partial charge in [-0.2, -0.15) is 0 Å². The summed E-state index contributed by atoms with van der Waals surface area (Å²) >= 11 is 0. The maximum atomic E-state index is 9.43. The SMILES string of the molecule is CC(C)(O)CNCCOC1CCCC1. The Morgan fingerprint density at radius 3 is 2.57 bits per heavy atom. The van der Waals surface area contributed by atoms with Crippen molar-refractivity contribution in [3.8, 4) is 0 Å². The summed E-state index contributed by atoms with van der Waals surface area (Å²) < 4.78 is 5.67. The predicted octanol–water partition coefficient (Wildman–Crippen LogP) is 1.31. The summed E-state index contributed by atoms with van der Waals surface area (Å²) in [4.78, 5) is 0. The van der Waals surface area contributed by atoms with Crippen molar-refractivity contribution in [1.82, 2.24) is 5.32 Å². The van der Waals surface area contributed by atoms with Gasteiger partial charge in [0.25, 0.3) is 0 Å². The molecule has 0 aromatic heterocycles. The van der Waals surface area contributed by atoms with Gasteiger partial charge >= 0.3 is 0 Å². The van der Waals surface area contributed by atoms with Gasteiger partial charge in [0.1, 0.15) is 0 Å². The Balaban J connectivity index is 1.89. The molecule has 0 aromatic carbocycles. The highest BCUT2D eigenvalue weighted by Gasteiger charge is 2.15. The minimum absolute atomic E-state index is 0.499. The van der Waals surface area contributed by atoms with Gasteiger partial charge in [0, 0.05) is 13.1 Å². The van der Waals surface area contributed by atoms with E-state index in [-0.39, 0.29) is 0 Å². The van der Waals surface area contributed by atoms with Crippen molar-refractivity contribution >= 4 is 0 Å². The summed E-state index contributed by atoms with van der Waals surface area (Å²) in [7, 11) is 0. The third kappa shape index (κ3) is 5.58. The Kier molecular flexibility index (Phi) is 4.85. The van der Waals surface area contributed by atoms with E-state index in [0.29, 0.717) is 12.6 Å². The van der Waals surface area contributed by atoms with Crippen LogP contribution in [0.2, 0.25) is 0 Å². The van der Waals surface area contributed by atoms with Gasteiger partial charge in [0.2, 0.25) is 0 Å². The van der Waals surface area contributed by atoms with Gasteiger partial charge < -0.3 is 15.2 Å². The van der Waals surface area contributed by atoms with Crippen LogP contribution in [-0.2, 0) is 4.74 Å². The van der Waals surface area contributed by atoms with E-state index in [2.05, 4.69) is 5.32 Å². The van der Waals surface area contributed by atoms with Crippen LogP contribution in [0.25, 0.3) is 0 Å². The van der Waals surface area contributed by atoms with Crippen LogP contribution in [0.3, 0.4) is 0 Å². The van der Waals surface area contributed by atoms with Gasteiger partial charge in [-0.25, -0.2) is 0 Å². The van der Waals surface area contributed by atoms with Crippen LogP contribution in [0.5, 0.6) is 0 Å². The Morgan fingerprint density at radius 2 is 2.00 bits per heavy atom. The monoisotopic (exact) mass is 201 g/mol. The fourth-order valence-corrected chi connectivity index (χ4v) is 1.75. The van der Waals surface area contributed by atoms with E-state index in [1.54, 1.807) is 13.8 Å². The van der Waals surface area contributed by atoms with Crippen molar-refractivity contribution < 1.29 is 9.84 Å². The van der Waals surface area contributed by atoms with Crippen LogP contribution in [0, 0.1) is 0 Å². The molecule has 0 amide bonds. The van der Waals surface area contributed by atoms with Crippen molar-refractivity contribution in [3.05, 3.63) is 0 Å². The lowest BCUT2D eigenvalue weighted by Gasteiger charge is -2.18. The quantitative estimate of drug-likeness (QED) is 0.637. The van der Waals surface area contributed by atoms with E-state index in [4.69, 9.17) is 4.74 Å². The first-order chi connectivity index (χ1) is 6.58. The fourth-order valence-electron chi connectivity index (χ4n) is 1.75. The van der Waals surface area contributed by atoms with Gasteiger partial charge in [0.15, 0.2) is 0 Å². The first-order valence-corrected chi connectivity index (χ1v) is 5.63. The lowest BCUT2D eigenvalue weighted by molar-refractivity contribution is 0.0506. The van der Waals surface area contributed by atoms with Gasteiger partial charge in [-0.15, -0.1) is 0 Å². The average Bonchev–Trinajstić information content (AvgIpc) is 2.54. The molecular weight excluding hydrogens is 178 g/mol. The predicted molar refractivity (Wildman–Crippen MR) is 57.4 cm³/mol. The molecule has 1 aliphatic rings. The van der Waals surface area contributed by atoms with Crippen LogP contribution >= 0.6 is 0 Å². The molecule has 0 unspecified atom stereocenters. The minimum Gasteiger partial charge on any atom is -0.389 e. The molecule has 1 saturated carbocycles. The molecule has 0 heterocycles. The summed E-state index contributed by atoms with van der Waals surface area (Å²) in [6.07, 6.45) is 5.60. The maximum absolute atomic E-state index is 9.43. The number of nitrogens with one attached hydrogen (secondary N) is 1. The molecule has 1 fully saturated rings. The van der Waals surface area contributed by atoms with Crippen LogP contribution in [0.1, 0.15) is 39.5 Å². The Morgan fingerprint density at radius 1 is 1.36 bits per heavy atom. The zero-order valence-corrected chi connectivity index (χ0v) is 9.38. The number of rotatable bonds is 6. The number of hydrogen-bond acceptors (Lipinski definition) is 3. The van der Waals surface area contributed by atoms with Gasteiger partial charge in [-0.1, -0.05) is 12.8 Å². The third-order valence-corrected chi connectivity index (χ3v) is 2.49. The Bertz CT molecular complexity index is 148. The van der Waals surface area contributed by atoms with E-state index in [1.807, 2.05) is 0 Å². The van der Waals surface area contributed by atoms with Crippen molar-refractivity contribution in [2.75, 3.05) is 19.7 Å². The Labute approximate surface area is 86.8 Å². The molecule has 84 valence electrons. The van der Waals surface area contributed by atoms with Crippen molar-refractivity contribution in [1.29, 1.82) is 0 Å². The second kappa shape index (κ2) is 5.69. The molecule has 14 heavy (non-hydrogen) atoms. The number of hydrogen-bond donors (Lipinski definition) is 2. The van der Waals surface area contributed by atoms with E-state index >= 15 is 0 Å².